The summed E-state index contributed by atoms with van der Waals surface area (Å²) in [6, 6.07) is 7.54. The van der Waals surface area contributed by atoms with E-state index in [4.69, 9.17) is 9.47 Å². The monoisotopic (exact) mass is 656 g/mol. The van der Waals surface area contributed by atoms with E-state index >= 15 is 0 Å². The molecule has 3 aromatic rings. The number of carbonyl (C=O) groups is 2. The number of fused-ring (bicyclic) bond motifs is 1. The van der Waals surface area contributed by atoms with E-state index in [0.717, 1.165) is 12.8 Å². The zero-order valence-electron chi connectivity index (χ0n) is 27.0. The van der Waals surface area contributed by atoms with Crippen LogP contribution in [0.15, 0.2) is 60.3 Å². The van der Waals surface area contributed by atoms with Crippen molar-refractivity contribution in [3.8, 4) is 5.75 Å². The first-order valence-corrected chi connectivity index (χ1v) is 16.8. The molecule has 0 spiro atoms. The highest BCUT2D eigenvalue weighted by Gasteiger charge is 2.33. The van der Waals surface area contributed by atoms with Crippen molar-refractivity contribution < 1.29 is 32.6 Å². The second kappa shape index (κ2) is 15.6. The Kier molecular flexibility index (Phi) is 11.9. The van der Waals surface area contributed by atoms with Crippen molar-refractivity contribution in [1.82, 2.24) is 23.7 Å². The summed E-state index contributed by atoms with van der Waals surface area (Å²) >= 11 is 0. The fraction of sp³-hybridized carbons (Fsp3) is 0.500. The van der Waals surface area contributed by atoms with Crippen LogP contribution >= 0.6 is 0 Å². The molecule has 4 atom stereocenters. The SMILES string of the molecule is C[C@@H]1CN([C@@H](C)CO)C(=O)c2cc(NC(=O)c3ccncc3)ccc2O[C@@H](C)CCCCO[C@H]1CN(C)S(=O)(=O)c1cn(C)cn1. The number of likely N-dealkylation sites (N-methyl/N-ethyl adjacent to an activating group) is 1. The molecule has 0 fully saturated rings. The molecular weight excluding hydrogens is 612 g/mol. The van der Waals surface area contributed by atoms with Crippen LogP contribution in [0.25, 0.3) is 0 Å². The predicted molar refractivity (Wildman–Crippen MR) is 172 cm³/mol. The van der Waals surface area contributed by atoms with Gasteiger partial charge in [0.2, 0.25) is 0 Å². The Morgan fingerprint density at radius 3 is 2.61 bits per heavy atom. The number of nitrogens with zero attached hydrogens (tertiary/aromatic N) is 5. The fourth-order valence-corrected chi connectivity index (χ4v) is 6.35. The molecule has 4 rings (SSSR count). The Morgan fingerprint density at radius 2 is 1.93 bits per heavy atom. The Morgan fingerprint density at radius 1 is 1.20 bits per heavy atom. The number of benzene rings is 1. The molecule has 2 amide bonds. The Balaban J connectivity index is 1.65. The summed E-state index contributed by atoms with van der Waals surface area (Å²) in [7, 11) is -0.696. The fourth-order valence-electron chi connectivity index (χ4n) is 5.20. The van der Waals surface area contributed by atoms with Gasteiger partial charge in [-0.15, -0.1) is 0 Å². The van der Waals surface area contributed by atoms with Gasteiger partial charge < -0.3 is 29.4 Å². The van der Waals surface area contributed by atoms with Gasteiger partial charge in [-0.05, 0) is 63.4 Å². The first-order valence-electron chi connectivity index (χ1n) is 15.4. The Bertz CT molecular complexity index is 1580. The first-order chi connectivity index (χ1) is 21.9. The number of carbonyl (C=O) groups excluding carboxylic acids is 2. The number of hydrogen-bond donors (Lipinski definition) is 2. The summed E-state index contributed by atoms with van der Waals surface area (Å²) in [4.78, 5) is 36.7. The summed E-state index contributed by atoms with van der Waals surface area (Å²) in [5.41, 5.74) is 1.05. The zero-order valence-corrected chi connectivity index (χ0v) is 27.8. The molecule has 0 radical (unpaired) electrons. The molecule has 0 aliphatic carbocycles. The molecule has 0 saturated heterocycles. The highest BCUT2D eigenvalue weighted by Crippen LogP contribution is 2.29. The average Bonchev–Trinajstić information content (AvgIpc) is 3.49. The van der Waals surface area contributed by atoms with Crippen LogP contribution < -0.4 is 10.1 Å². The molecule has 13 nitrogen and oxygen atoms in total. The van der Waals surface area contributed by atoms with Gasteiger partial charge >= 0.3 is 0 Å². The van der Waals surface area contributed by atoms with Crippen molar-refractivity contribution in [3.05, 3.63) is 66.4 Å². The van der Waals surface area contributed by atoms with Gasteiger partial charge in [0, 0.05) is 69.6 Å². The van der Waals surface area contributed by atoms with E-state index in [1.54, 1.807) is 53.8 Å². The molecule has 0 saturated carbocycles. The number of aromatic nitrogens is 3. The third kappa shape index (κ3) is 8.69. The summed E-state index contributed by atoms with van der Waals surface area (Å²) in [6.07, 6.45) is 7.36. The van der Waals surface area contributed by atoms with Gasteiger partial charge in [0.15, 0.2) is 5.03 Å². The lowest BCUT2D eigenvalue weighted by molar-refractivity contribution is -0.00835. The molecule has 3 heterocycles. The molecule has 250 valence electrons. The van der Waals surface area contributed by atoms with Gasteiger partial charge in [-0.3, -0.25) is 14.6 Å². The number of aliphatic hydroxyl groups is 1. The minimum atomic E-state index is -3.88. The van der Waals surface area contributed by atoms with Gasteiger partial charge in [0.05, 0.1) is 36.7 Å². The molecule has 1 aliphatic rings. The zero-order chi connectivity index (χ0) is 33.4. The topological polar surface area (TPSA) is 156 Å². The van der Waals surface area contributed by atoms with Crippen molar-refractivity contribution in [2.45, 2.75) is 63.3 Å². The number of amides is 2. The number of rotatable bonds is 8. The largest absolute Gasteiger partial charge is 0.490 e. The number of sulfonamides is 1. The number of pyridine rings is 1. The van der Waals surface area contributed by atoms with Gasteiger partial charge in [-0.25, -0.2) is 13.4 Å². The van der Waals surface area contributed by atoms with Gasteiger partial charge in [0.1, 0.15) is 5.75 Å². The summed E-state index contributed by atoms with van der Waals surface area (Å²) < 4.78 is 41.9. The van der Waals surface area contributed by atoms with Crippen molar-refractivity contribution in [1.29, 1.82) is 0 Å². The number of imidazole rings is 1. The number of aliphatic hydroxyl groups excluding tert-OH is 1. The molecule has 46 heavy (non-hydrogen) atoms. The number of hydrogen-bond acceptors (Lipinski definition) is 9. The lowest BCUT2D eigenvalue weighted by atomic mass is 10.0. The molecule has 0 unspecified atom stereocenters. The molecule has 2 N–H and O–H groups in total. The first kappa shape index (κ1) is 35.0. The van der Waals surface area contributed by atoms with E-state index in [1.807, 2.05) is 13.8 Å². The average molecular weight is 657 g/mol. The Hall–Kier alpha value is -3.85. The third-order valence-electron chi connectivity index (χ3n) is 8.04. The maximum atomic E-state index is 14.3. The van der Waals surface area contributed by atoms with E-state index < -0.39 is 28.1 Å². The van der Waals surface area contributed by atoms with E-state index in [9.17, 15) is 23.1 Å². The molecule has 2 aromatic heterocycles. The number of aryl methyl sites for hydroxylation is 1. The third-order valence-corrected chi connectivity index (χ3v) is 9.75. The normalized spacial score (nSPS) is 20.8. The minimum absolute atomic E-state index is 0.0386. The van der Waals surface area contributed by atoms with E-state index in [2.05, 4.69) is 15.3 Å². The van der Waals surface area contributed by atoms with Gasteiger partial charge in [-0.1, -0.05) is 6.92 Å². The molecule has 0 bridgehead atoms. The molecule has 1 aromatic carbocycles. The smallest absolute Gasteiger partial charge is 0.261 e. The molecule has 14 heteroatoms. The maximum absolute atomic E-state index is 14.3. The van der Waals surface area contributed by atoms with Crippen LogP contribution in [-0.2, 0) is 21.8 Å². The van der Waals surface area contributed by atoms with Crippen LogP contribution in [0.3, 0.4) is 0 Å². The van der Waals surface area contributed by atoms with E-state index in [0.29, 0.717) is 30.0 Å². The number of ether oxygens (including phenoxy) is 2. The summed E-state index contributed by atoms with van der Waals surface area (Å²) in [5, 5.41) is 13.0. The van der Waals surface area contributed by atoms with Crippen LogP contribution in [-0.4, -0.2) is 101 Å². The van der Waals surface area contributed by atoms with E-state index in [-0.39, 0.29) is 48.2 Å². The standard InChI is InChI=1S/C32H44N6O7S/c1-22-17-38(23(2)20-39)32(41)27-16-26(35-31(40)25-11-13-33-14-12-25)9-10-28(27)45-24(3)8-6-7-15-44-29(22)18-37(5)46(42,43)30-19-36(4)21-34-30/h9-14,16,19,21-24,29,39H,6-8,15,17-18,20H2,1-5H3,(H,35,40)/t22-,23+,24+,29+/m1/s1. The van der Waals surface area contributed by atoms with Crippen LogP contribution in [0.4, 0.5) is 5.69 Å². The number of anilines is 1. The van der Waals surface area contributed by atoms with Crippen LogP contribution in [0, 0.1) is 5.92 Å². The van der Waals surface area contributed by atoms with Crippen molar-refractivity contribution >= 4 is 27.5 Å². The lowest BCUT2D eigenvalue weighted by Gasteiger charge is -2.35. The van der Waals surface area contributed by atoms with Gasteiger partial charge in [-0.2, -0.15) is 4.31 Å². The lowest BCUT2D eigenvalue weighted by Crippen LogP contribution is -2.48. The Labute approximate surface area is 270 Å². The molecule has 1 aliphatic heterocycles. The predicted octanol–water partition coefficient (Wildman–Crippen LogP) is 3.18. The summed E-state index contributed by atoms with van der Waals surface area (Å²) in [5.74, 6) is -0.724. The highest BCUT2D eigenvalue weighted by molar-refractivity contribution is 7.89. The summed E-state index contributed by atoms with van der Waals surface area (Å²) in [6.45, 7) is 5.86. The van der Waals surface area contributed by atoms with E-state index in [1.165, 1.54) is 36.3 Å². The van der Waals surface area contributed by atoms with Crippen LogP contribution in [0.5, 0.6) is 5.75 Å². The van der Waals surface area contributed by atoms with Gasteiger partial charge in [0.25, 0.3) is 21.8 Å². The van der Waals surface area contributed by atoms with Crippen molar-refractivity contribution in [3.63, 3.8) is 0 Å². The van der Waals surface area contributed by atoms with Crippen LogP contribution in [0.2, 0.25) is 0 Å². The van der Waals surface area contributed by atoms with Crippen LogP contribution in [0.1, 0.15) is 60.7 Å². The number of nitrogens with one attached hydrogen (secondary N) is 1. The second-order valence-corrected chi connectivity index (χ2v) is 13.9. The maximum Gasteiger partial charge on any atom is 0.261 e. The minimum Gasteiger partial charge on any atom is -0.490 e. The molecular formula is C32H44N6O7S. The highest BCUT2D eigenvalue weighted by atomic mass is 32.2. The van der Waals surface area contributed by atoms with Crippen molar-refractivity contribution in [2.24, 2.45) is 13.0 Å². The second-order valence-electron chi connectivity index (χ2n) is 11.9. The quantitative estimate of drug-likeness (QED) is 0.372. The van der Waals surface area contributed by atoms with Crippen molar-refractivity contribution in [2.75, 3.05) is 38.7 Å².